The molecule has 0 saturated heterocycles. The van der Waals surface area contributed by atoms with Gasteiger partial charge in [-0.3, -0.25) is 9.59 Å². The first-order valence-corrected chi connectivity index (χ1v) is 9.25. The summed E-state index contributed by atoms with van der Waals surface area (Å²) in [6.07, 6.45) is 0.758. The Morgan fingerprint density at radius 2 is 1.63 bits per heavy atom. The van der Waals surface area contributed by atoms with E-state index in [-0.39, 0.29) is 17.9 Å². The summed E-state index contributed by atoms with van der Waals surface area (Å²) in [7, 11) is 0. The molecule has 1 unspecified atom stereocenters. The van der Waals surface area contributed by atoms with Crippen LogP contribution in [0, 0.1) is 5.92 Å². The summed E-state index contributed by atoms with van der Waals surface area (Å²) in [6, 6.07) is 12.2. The molecule has 0 heterocycles. The van der Waals surface area contributed by atoms with Crippen LogP contribution in [0.2, 0.25) is 0 Å². The molecule has 5 heteroatoms. The molecule has 0 fully saturated rings. The number of nitrogens with one attached hydrogen (secondary N) is 1. The Labute approximate surface area is 160 Å². The molecule has 1 atom stereocenters. The highest BCUT2D eigenvalue weighted by Gasteiger charge is 2.21. The van der Waals surface area contributed by atoms with Crippen molar-refractivity contribution in [1.82, 2.24) is 5.32 Å². The lowest BCUT2D eigenvalue weighted by Gasteiger charge is -2.24. The summed E-state index contributed by atoms with van der Waals surface area (Å²) < 4.78 is 11.3. The van der Waals surface area contributed by atoms with Crippen molar-refractivity contribution in [3.63, 3.8) is 0 Å². The molecule has 0 aliphatic carbocycles. The monoisotopic (exact) mass is 369 g/mol. The summed E-state index contributed by atoms with van der Waals surface area (Å²) in [5.74, 6) is 1.36. The van der Waals surface area contributed by atoms with Crippen molar-refractivity contribution in [2.24, 2.45) is 5.92 Å². The Morgan fingerprint density at radius 3 is 2.19 bits per heavy atom. The molecule has 144 valence electrons. The van der Waals surface area contributed by atoms with E-state index >= 15 is 0 Å². The SMILES string of the molecule is CCOc1ccc(C(NC(=O)c2ccc(C=O)cc2)C(C)C)cc1OCC. The molecule has 2 aromatic rings. The minimum Gasteiger partial charge on any atom is -0.490 e. The van der Waals surface area contributed by atoms with Gasteiger partial charge < -0.3 is 14.8 Å². The first-order valence-electron chi connectivity index (χ1n) is 9.25. The van der Waals surface area contributed by atoms with Gasteiger partial charge in [-0.25, -0.2) is 0 Å². The zero-order chi connectivity index (χ0) is 19.8. The molecule has 0 radical (unpaired) electrons. The van der Waals surface area contributed by atoms with Gasteiger partial charge in [-0.05, 0) is 49.6 Å². The Balaban J connectivity index is 2.26. The van der Waals surface area contributed by atoms with Gasteiger partial charge in [-0.2, -0.15) is 0 Å². The van der Waals surface area contributed by atoms with Crippen molar-refractivity contribution in [2.75, 3.05) is 13.2 Å². The van der Waals surface area contributed by atoms with E-state index in [1.165, 1.54) is 0 Å². The highest BCUT2D eigenvalue weighted by molar-refractivity contribution is 5.95. The predicted octanol–water partition coefficient (Wildman–Crippen LogP) is 4.42. The lowest BCUT2D eigenvalue weighted by molar-refractivity contribution is 0.0925. The van der Waals surface area contributed by atoms with Gasteiger partial charge in [0.15, 0.2) is 11.5 Å². The van der Waals surface area contributed by atoms with E-state index in [0.717, 1.165) is 11.8 Å². The van der Waals surface area contributed by atoms with Gasteiger partial charge in [0.2, 0.25) is 0 Å². The number of benzene rings is 2. The second kappa shape index (κ2) is 9.76. The minimum absolute atomic E-state index is 0.176. The van der Waals surface area contributed by atoms with Crippen LogP contribution >= 0.6 is 0 Å². The molecule has 0 saturated carbocycles. The van der Waals surface area contributed by atoms with Crippen LogP contribution in [0.3, 0.4) is 0 Å². The molecule has 0 aliphatic rings. The normalized spacial score (nSPS) is 11.7. The van der Waals surface area contributed by atoms with Crippen molar-refractivity contribution >= 4 is 12.2 Å². The maximum Gasteiger partial charge on any atom is 0.251 e. The fraction of sp³-hybridized carbons (Fsp3) is 0.364. The Bertz CT molecular complexity index is 768. The van der Waals surface area contributed by atoms with E-state index in [1.807, 2.05) is 32.0 Å². The average Bonchev–Trinajstić information content (AvgIpc) is 2.67. The van der Waals surface area contributed by atoms with Gasteiger partial charge in [0.25, 0.3) is 5.91 Å². The van der Waals surface area contributed by atoms with E-state index in [4.69, 9.17) is 9.47 Å². The standard InChI is InChI=1S/C22H27NO4/c1-5-26-19-12-11-18(13-20(19)27-6-2)21(15(3)4)23-22(25)17-9-7-16(14-24)8-10-17/h7-15,21H,5-6H2,1-4H3,(H,23,25). The van der Waals surface area contributed by atoms with Crippen LogP contribution < -0.4 is 14.8 Å². The van der Waals surface area contributed by atoms with Crippen molar-refractivity contribution in [2.45, 2.75) is 33.7 Å². The molecule has 2 aromatic carbocycles. The summed E-state index contributed by atoms with van der Waals surface area (Å²) in [4.78, 5) is 23.4. The number of carbonyl (C=O) groups excluding carboxylic acids is 2. The number of amides is 1. The maximum atomic E-state index is 12.7. The summed E-state index contributed by atoms with van der Waals surface area (Å²) in [6.45, 7) is 9.05. The topological polar surface area (TPSA) is 64.6 Å². The van der Waals surface area contributed by atoms with E-state index in [1.54, 1.807) is 24.3 Å². The van der Waals surface area contributed by atoms with Crippen LogP contribution in [0.25, 0.3) is 0 Å². The largest absolute Gasteiger partial charge is 0.490 e. The molecular formula is C22H27NO4. The lowest BCUT2D eigenvalue weighted by Crippen LogP contribution is -2.31. The number of carbonyl (C=O) groups is 2. The number of rotatable bonds is 9. The molecule has 0 spiro atoms. The van der Waals surface area contributed by atoms with E-state index in [0.29, 0.717) is 35.8 Å². The zero-order valence-electron chi connectivity index (χ0n) is 16.3. The summed E-state index contributed by atoms with van der Waals surface area (Å²) >= 11 is 0. The van der Waals surface area contributed by atoms with Crippen LogP contribution in [0.4, 0.5) is 0 Å². The molecular weight excluding hydrogens is 342 g/mol. The molecule has 1 amide bonds. The highest BCUT2D eigenvalue weighted by Crippen LogP contribution is 2.33. The van der Waals surface area contributed by atoms with Crippen LogP contribution in [0.1, 0.15) is 60.0 Å². The quantitative estimate of drug-likeness (QED) is 0.665. The Hall–Kier alpha value is -2.82. The summed E-state index contributed by atoms with van der Waals surface area (Å²) in [5, 5.41) is 3.08. The zero-order valence-corrected chi connectivity index (χ0v) is 16.3. The minimum atomic E-state index is -0.182. The van der Waals surface area contributed by atoms with E-state index in [2.05, 4.69) is 19.2 Å². The van der Waals surface area contributed by atoms with E-state index < -0.39 is 0 Å². The first kappa shape index (κ1) is 20.5. The average molecular weight is 369 g/mol. The van der Waals surface area contributed by atoms with E-state index in [9.17, 15) is 9.59 Å². The molecule has 2 rings (SSSR count). The van der Waals surface area contributed by atoms with Crippen LogP contribution in [-0.2, 0) is 0 Å². The van der Waals surface area contributed by atoms with Crippen LogP contribution in [-0.4, -0.2) is 25.4 Å². The fourth-order valence-corrected chi connectivity index (χ4v) is 2.83. The Morgan fingerprint density at radius 1 is 1.00 bits per heavy atom. The van der Waals surface area contributed by atoms with Crippen molar-refractivity contribution in [1.29, 1.82) is 0 Å². The molecule has 0 bridgehead atoms. The smallest absolute Gasteiger partial charge is 0.251 e. The third kappa shape index (κ3) is 5.33. The second-order valence-electron chi connectivity index (χ2n) is 6.51. The number of hydrogen-bond donors (Lipinski definition) is 1. The van der Waals surface area contributed by atoms with Crippen molar-refractivity contribution in [3.05, 3.63) is 59.2 Å². The number of hydrogen-bond acceptors (Lipinski definition) is 4. The molecule has 0 aliphatic heterocycles. The number of aldehydes is 1. The van der Waals surface area contributed by atoms with Gasteiger partial charge in [-0.15, -0.1) is 0 Å². The van der Waals surface area contributed by atoms with Gasteiger partial charge in [-0.1, -0.05) is 32.0 Å². The van der Waals surface area contributed by atoms with Gasteiger partial charge >= 0.3 is 0 Å². The molecule has 27 heavy (non-hydrogen) atoms. The number of ether oxygens (including phenoxy) is 2. The molecule has 1 N–H and O–H groups in total. The van der Waals surface area contributed by atoms with Crippen molar-refractivity contribution in [3.8, 4) is 11.5 Å². The first-order chi connectivity index (χ1) is 13.0. The predicted molar refractivity (Wildman–Crippen MR) is 106 cm³/mol. The van der Waals surface area contributed by atoms with Crippen LogP contribution in [0.15, 0.2) is 42.5 Å². The second-order valence-corrected chi connectivity index (χ2v) is 6.51. The van der Waals surface area contributed by atoms with Gasteiger partial charge in [0.1, 0.15) is 6.29 Å². The molecule has 0 aromatic heterocycles. The third-order valence-electron chi connectivity index (χ3n) is 4.19. The third-order valence-corrected chi connectivity index (χ3v) is 4.19. The fourth-order valence-electron chi connectivity index (χ4n) is 2.83. The van der Waals surface area contributed by atoms with Gasteiger partial charge in [0, 0.05) is 11.1 Å². The molecule has 5 nitrogen and oxygen atoms in total. The van der Waals surface area contributed by atoms with Crippen molar-refractivity contribution < 1.29 is 19.1 Å². The summed E-state index contributed by atoms with van der Waals surface area (Å²) in [5.41, 5.74) is 2.01. The van der Waals surface area contributed by atoms with Crippen LogP contribution in [0.5, 0.6) is 11.5 Å². The van der Waals surface area contributed by atoms with Gasteiger partial charge in [0.05, 0.1) is 19.3 Å². The highest BCUT2D eigenvalue weighted by atomic mass is 16.5. The lowest BCUT2D eigenvalue weighted by atomic mass is 9.95. The Kier molecular flexibility index (Phi) is 7.41. The maximum absolute atomic E-state index is 12.7.